The molecule has 0 aliphatic carbocycles. The number of amides is 2. The van der Waals surface area contributed by atoms with Crippen molar-refractivity contribution in [2.75, 3.05) is 19.6 Å². The Balaban J connectivity index is 1.94. The van der Waals surface area contributed by atoms with Gasteiger partial charge in [-0.05, 0) is 54.8 Å². The summed E-state index contributed by atoms with van der Waals surface area (Å²) in [7, 11) is 0. The van der Waals surface area contributed by atoms with Gasteiger partial charge in [-0.25, -0.2) is 13.2 Å². The van der Waals surface area contributed by atoms with Crippen molar-refractivity contribution in [3.63, 3.8) is 0 Å². The summed E-state index contributed by atoms with van der Waals surface area (Å²) >= 11 is 3.19. The third-order valence-electron chi connectivity index (χ3n) is 7.07. The van der Waals surface area contributed by atoms with Crippen LogP contribution in [-0.4, -0.2) is 53.6 Å². The molecule has 0 fully saturated rings. The average Bonchev–Trinajstić information content (AvgIpc) is 3.01. The van der Waals surface area contributed by atoms with Gasteiger partial charge in [-0.1, -0.05) is 48.0 Å². The van der Waals surface area contributed by atoms with Crippen molar-refractivity contribution in [2.24, 2.45) is 0 Å². The van der Waals surface area contributed by atoms with Gasteiger partial charge in [-0.15, -0.1) is 0 Å². The smallest absolute Gasteiger partial charge is 0.389 e. The van der Waals surface area contributed by atoms with Crippen LogP contribution in [0.25, 0.3) is 0 Å². The molecule has 0 radical (unpaired) electrons. The topological polar surface area (TPSA) is 81.7 Å². The van der Waals surface area contributed by atoms with Gasteiger partial charge in [0.1, 0.15) is 6.04 Å². The van der Waals surface area contributed by atoms with Crippen LogP contribution in [0.3, 0.4) is 0 Å². The van der Waals surface area contributed by atoms with Crippen LogP contribution in [0.15, 0.2) is 59.1 Å². The molecule has 0 saturated carbocycles. The van der Waals surface area contributed by atoms with Crippen LogP contribution >= 0.6 is 15.9 Å². The number of aliphatic hydroxyl groups is 1. The molecule has 0 bridgehead atoms. The van der Waals surface area contributed by atoms with Gasteiger partial charge >= 0.3 is 6.18 Å². The first-order valence-corrected chi connectivity index (χ1v) is 15.3. The van der Waals surface area contributed by atoms with E-state index in [2.05, 4.69) is 21.2 Å². The van der Waals surface area contributed by atoms with Gasteiger partial charge in [-0.2, -0.15) is 22.0 Å². The standard InChI is InChI=1S/C32H32BrF8N3O3/c1-3-10-44(11-4-2)30(47)20-13-19(14-22(33)15-20)29(46)43-28(31(37,38)23-8-9-24(34)27(36)26(23)35)25(45)17-42-16-18-6-5-7-21(12-18)32(39,40)41/h5-9,12-15,25,28,42,45H,3-4,10-11,16-17H2,1-2H3,(H,43,46)/t25-,28+/m1/s1. The van der Waals surface area contributed by atoms with Gasteiger partial charge in [0.15, 0.2) is 17.5 Å². The van der Waals surface area contributed by atoms with Crippen LogP contribution in [0.4, 0.5) is 35.1 Å². The van der Waals surface area contributed by atoms with Gasteiger partial charge in [0.2, 0.25) is 0 Å². The average molecular weight is 739 g/mol. The number of nitrogens with zero attached hydrogens (tertiary/aromatic N) is 1. The summed E-state index contributed by atoms with van der Waals surface area (Å²) in [5.74, 6) is -12.4. The number of alkyl halides is 5. The van der Waals surface area contributed by atoms with E-state index in [-0.39, 0.29) is 39.8 Å². The summed E-state index contributed by atoms with van der Waals surface area (Å²) in [6, 6.07) is 5.68. The van der Waals surface area contributed by atoms with Crippen molar-refractivity contribution in [2.45, 2.75) is 57.5 Å². The second-order valence-electron chi connectivity index (χ2n) is 10.7. The van der Waals surface area contributed by atoms with Crippen molar-refractivity contribution >= 4 is 27.7 Å². The molecule has 3 aromatic rings. The Morgan fingerprint density at radius 2 is 1.53 bits per heavy atom. The van der Waals surface area contributed by atoms with Crippen LogP contribution in [0.5, 0.6) is 0 Å². The third-order valence-corrected chi connectivity index (χ3v) is 7.53. The van der Waals surface area contributed by atoms with Gasteiger partial charge in [0.05, 0.1) is 17.2 Å². The lowest BCUT2D eigenvalue weighted by atomic mass is 9.95. The molecule has 3 aromatic carbocycles. The molecule has 0 saturated heterocycles. The summed E-state index contributed by atoms with van der Waals surface area (Å²) in [5.41, 5.74) is -2.81. The number of hydrogen-bond donors (Lipinski definition) is 3. The van der Waals surface area contributed by atoms with E-state index in [4.69, 9.17) is 0 Å². The van der Waals surface area contributed by atoms with E-state index in [9.17, 15) is 41.0 Å². The number of benzene rings is 3. The lowest BCUT2D eigenvalue weighted by molar-refractivity contribution is -0.137. The highest BCUT2D eigenvalue weighted by atomic mass is 79.9. The second kappa shape index (κ2) is 16.0. The van der Waals surface area contributed by atoms with E-state index in [1.165, 1.54) is 18.2 Å². The van der Waals surface area contributed by atoms with Crippen molar-refractivity contribution in [3.8, 4) is 0 Å². The molecule has 0 heterocycles. The van der Waals surface area contributed by atoms with Crippen molar-refractivity contribution < 1.29 is 49.8 Å². The second-order valence-corrected chi connectivity index (χ2v) is 11.6. The first-order valence-electron chi connectivity index (χ1n) is 14.5. The van der Waals surface area contributed by atoms with Crippen LogP contribution in [0.1, 0.15) is 64.1 Å². The molecule has 2 atom stereocenters. The van der Waals surface area contributed by atoms with E-state index < -0.39 is 71.2 Å². The molecule has 256 valence electrons. The fraction of sp³-hybridized carbons (Fsp3) is 0.375. The Bertz CT molecular complexity index is 1570. The van der Waals surface area contributed by atoms with E-state index in [1.807, 2.05) is 19.2 Å². The fourth-order valence-corrected chi connectivity index (χ4v) is 5.32. The molecule has 3 N–H and O–H groups in total. The maximum atomic E-state index is 15.9. The highest BCUT2D eigenvalue weighted by Crippen LogP contribution is 2.37. The number of nitrogens with one attached hydrogen (secondary N) is 2. The lowest BCUT2D eigenvalue weighted by Gasteiger charge is -2.32. The third kappa shape index (κ3) is 9.51. The summed E-state index contributed by atoms with van der Waals surface area (Å²) < 4.78 is 113. The molecule has 0 aliphatic rings. The number of hydrogen-bond acceptors (Lipinski definition) is 4. The maximum Gasteiger partial charge on any atom is 0.416 e. The number of halogens is 9. The minimum Gasteiger partial charge on any atom is -0.389 e. The monoisotopic (exact) mass is 737 g/mol. The van der Waals surface area contributed by atoms with Gasteiger partial charge in [0.25, 0.3) is 17.7 Å². The first-order chi connectivity index (χ1) is 22.0. The SMILES string of the molecule is CCCN(CCC)C(=O)c1cc(Br)cc(C(=O)N[C@@H]([C@H](O)CNCc2cccc(C(F)(F)F)c2)C(F)(F)c2ccc(F)c(F)c2F)c1. The van der Waals surface area contributed by atoms with Crippen LogP contribution in [0.2, 0.25) is 0 Å². The van der Waals surface area contributed by atoms with Crippen LogP contribution in [0, 0.1) is 17.5 Å². The normalized spacial score (nSPS) is 13.3. The molecular formula is C32H32BrF8N3O3. The fourth-order valence-electron chi connectivity index (χ4n) is 4.83. The summed E-state index contributed by atoms with van der Waals surface area (Å²) in [6.07, 6.45) is -5.62. The minimum absolute atomic E-state index is 0.0460. The van der Waals surface area contributed by atoms with E-state index in [1.54, 1.807) is 4.90 Å². The van der Waals surface area contributed by atoms with E-state index >= 15 is 8.78 Å². The Morgan fingerprint density at radius 1 is 0.894 bits per heavy atom. The molecule has 6 nitrogen and oxygen atoms in total. The molecule has 0 aliphatic heterocycles. The maximum absolute atomic E-state index is 15.9. The van der Waals surface area contributed by atoms with Gasteiger partial charge in [-0.3, -0.25) is 9.59 Å². The number of carbonyl (C=O) groups is 2. The molecule has 2 amide bonds. The quantitative estimate of drug-likeness (QED) is 0.121. The zero-order valence-corrected chi connectivity index (χ0v) is 26.8. The minimum atomic E-state index is -4.65. The Labute approximate surface area is 274 Å². The number of aliphatic hydroxyl groups excluding tert-OH is 1. The van der Waals surface area contributed by atoms with Crippen molar-refractivity contribution in [1.29, 1.82) is 0 Å². The molecule has 0 unspecified atom stereocenters. The Kier molecular flexibility index (Phi) is 12.9. The first kappa shape index (κ1) is 37.9. The van der Waals surface area contributed by atoms with E-state index in [0.717, 1.165) is 24.3 Å². The summed E-state index contributed by atoms with van der Waals surface area (Å²) in [4.78, 5) is 28.1. The molecule has 0 spiro atoms. The molecular weight excluding hydrogens is 706 g/mol. The highest BCUT2D eigenvalue weighted by Gasteiger charge is 2.49. The molecule has 47 heavy (non-hydrogen) atoms. The van der Waals surface area contributed by atoms with Crippen LogP contribution in [-0.2, 0) is 18.6 Å². The molecule has 3 rings (SSSR count). The Hall–Kier alpha value is -3.56. The van der Waals surface area contributed by atoms with Crippen molar-refractivity contribution in [1.82, 2.24) is 15.5 Å². The predicted octanol–water partition coefficient (Wildman–Crippen LogP) is 7.19. The zero-order valence-electron chi connectivity index (χ0n) is 25.2. The van der Waals surface area contributed by atoms with Gasteiger partial charge in [0, 0.05) is 41.8 Å². The number of carbonyl (C=O) groups excluding carboxylic acids is 2. The molecule has 15 heteroatoms. The van der Waals surface area contributed by atoms with E-state index in [0.29, 0.717) is 25.9 Å². The summed E-state index contributed by atoms with van der Waals surface area (Å²) in [6.45, 7) is 3.45. The predicted molar refractivity (Wildman–Crippen MR) is 161 cm³/mol. The molecule has 0 aromatic heterocycles. The highest BCUT2D eigenvalue weighted by molar-refractivity contribution is 9.10. The van der Waals surface area contributed by atoms with Gasteiger partial charge < -0.3 is 20.6 Å². The van der Waals surface area contributed by atoms with Crippen molar-refractivity contribution in [3.05, 3.63) is 104 Å². The largest absolute Gasteiger partial charge is 0.416 e. The lowest BCUT2D eigenvalue weighted by Crippen LogP contribution is -2.56. The summed E-state index contributed by atoms with van der Waals surface area (Å²) in [5, 5.41) is 15.3. The van der Waals surface area contributed by atoms with Crippen LogP contribution < -0.4 is 10.6 Å². The zero-order chi connectivity index (χ0) is 35.1. The number of rotatable bonds is 14. The Morgan fingerprint density at radius 3 is 2.15 bits per heavy atom.